The molecule has 5 heteroatoms. The van der Waals surface area contributed by atoms with E-state index in [2.05, 4.69) is 64.0 Å². The number of hydrogen-bond acceptors (Lipinski definition) is 4. The summed E-state index contributed by atoms with van der Waals surface area (Å²) in [5, 5.41) is 0. The van der Waals surface area contributed by atoms with E-state index in [1.165, 1.54) is 11.1 Å². The van der Waals surface area contributed by atoms with Gasteiger partial charge in [-0.15, -0.1) is 6.42 Å². The summed E-state index contributed by atoms with van der Waals surface area (Å²) in [5.74, 6) is 3.62. The highest BCUT2D eigenvalue weighted by Crippen LogP contribution is 2.32. The number of fused-ring (bicyclic) bond motifs is 2. The number of rotatable bonds is 4. The first-order valence-corrected chi connectivity index (χ1v) is 10.8. The first-order valence-electron chi connectivity index (χ1n) is 10.8. The van der Waals surface area contributed by atoms with Crippen LogP contribution in [0.5, 0.6) is 0 Å². The highest BCUT2D eigenvalue weighted by atomic mass is 16.2. The molecule has 3 heterocycles. The number of carbonyl (C=O) groups is 1. The summed E-state index contributed by atoms with van der Waals surface area (Å²) in [4.78, 5) is 24.7. The topological polar surface area (TPSA) is 39.2 Å². The van der Waals surface area contributed by atoms with Crippen LogP contribution >= 0.6 is 0 Å². The SMILES string of the molecule is C#Cc1cccc(CN2CCC3=C(C2)C(=O)N(Cc2ccc(C)cc2)C2=NCCN23)c1. The van der Waals surface area contributed by atoms with Gasteiger partial charge in [-0.1, -0.05) is 47.9 Å². The molecule has 0 unspecified atom stereocenters. The standard InChI is InChI=1S/C26H26N4O/c1-3-20-5-4-6-22(15-20)16-28-13-11-24-23(18-28)25(31)30(26-27-12-14-29(24)26)17-21-9-7-19(2)8-10-21/h1,4-10,15H,11-14,16-18H2,2H3. The van der Waals surface area contributed by atoms with Crippen LogP contribution in [-0.4, -0.2) is 52.7 Å². The molecule has 1 amide bonds. The van der Waals surface area contributed by atoms with Gasteiger partial charge in [0.2, 0.25) is 5.96 Å². The Labute approximate surface area is 183 Å². The molecule has 31 heavy (non-hydrogen) atoms. The van der Waals surface area contributed by atoms with Crippen molar-refractivity contribution < 1.29 is 4.79 Å². The zero-order valence-electron chi connectivity index (χ0n) is 17.8. The summed E-state index contributed by atoms with van der Waals surface area (Å²) < 4.78 is 0. The molecule has 0 radical (unpaired) electrons. The Bertz CT molecular complexity index is 1120. The van der Waals surface area contributed by atoms with Crippen molar-refractivity contribution in [3.63, 3.8) is 0 Å². The number of hydrogen-bond donors (Lipinski definition) is 0. The minimum Gasteiger partial charge on any atom is -0.314 e. The van der Waals surface area contributed by atoms with Crippen LogP contribution in [-0.2, 0) is 17.9 Å². The van der Waals surface area contributed by atoms with Crippen molar-refractivity contribution in [2.45, 2.75) is 26.4 Å². The number of amides is 1. The van der Waals surface area contributed by atoms with Gasteiger partial charge in [0.25, 0.3) is 5.91 Å². The fourth-order valence-electron chi connectivity index (χ4n) is 4.64. The first-order chi connectivity index (χ1) is 15.1. The predicted octanol–water partition coefficient (Wildman–Crippen LogP) is 3.15. The second kappa shape index (κ2) is 8.05. The normalized spacial score (nSPS) is 18.6. The lowest BCUT2D eigenvalue weighted by Crippen LogP contribution is -2.53. The monoisotopic (exact) mass is 410 g/mol. The number of carbonyl (C=O) groups excluding carboxylic acids is 1. The molecule has 0 fully saturated rings. The van der Waals surface area contributed by atoms with Gasteiger partial charge < -0.3 is 4.90 Å². The number of nitrogens with zero attached hydrogens (tertiary/aromatic N) is 4. The van der Waals surface area contributed by atoms with E-state index in [4.69, 9.17) is 6.42 Å². The summed E-state index contributed by atoms with van der Waals surface area (Å²) >= 11 is 0. The van der Waals surface area contributed by atoms with Crippen LogP contribution in [0.4, 0.5) is 0 Å². The van der Waals surface area contributed by atoms with Gasteiger partial charge in [-0.05, 0) is 30.2 Å². The lowest BCUT2D eigenvalue weighted by molar-refractivity contribution is -0.125. The number of aryl methyl sites for hydroxylation is 1. The molecule has 2 aromatic rings. The van der Waals surface area contributed by atoms with Gasteiger partial charge in [0, 0.05) is 43.9 Å². The van der Waals surface area contributed by atoms with Crippen LogP contribution < -0.4 is 0 Å². The van der Waals surface area contributed by atoms with Crippen molar-refractivity contribution in [1.82, 2.24) is 14.7 Å². The zero-order chi connectivity index (χ0) is 21.4. The minimum absolute atomic E-state index is 0.0922. The predicted molar refractivity (Wildman–Crippen MR) is 122 cm³/mol. The van der Waals surface area contributed by atoms with Crippen molar-refractivity contribution in [3.05, 3.63) is 82.1 Å². The first kappa shape index (κ1) is 19.6. The maximum atomic E-state index is 13.6. The molecule has 0 aliphatic carbocycles. The van der Waals surface area contributed by atoms with E-state index in [0.717, 1.165) is 61.0 Å². The quantitative estimate of drug-likeness (QED) is 0.727. The fourth-order valence-corrected chi connectivity index (χ4v) is 4.64. The number of terminal acetylenes is 1. The molecule has 2 aromatic carbocycles. The van der Waals surface area contributed by atoms with Crippen molar-refractivity contribution in [2.75, 3.05) is 26.2 Å². The molecule has 3 aliphatic heterocycles. The van der Waals surface area contributed by atoms with Gasteiger partial charge in [-0.3, -0.25) is 19.6 Å². The Balaban J connectivity index is 1.39. The maximum Gasteiger partial charge on any atom is 0.259 e. The molecular formula is C26H26N4O. The highest BCUT2D eigenvalue weighted by molar-refractivity contribution is 6.09. The lowest BCUT2D eigenvalue weighted by Gasteiger charge is -2.42. The van der Waals surface area contributed by atoms with Gasteiger partial charge in [0.15, 0.2) is 0 Å². The van der Waals surface area contributed by atoms with Crippen LogP contribution in [0, 0.1) is 19.3 Å². The largest absolute Gasteiger partial charge is 0.314 e. The summed E-state index contributed by atoms with van der Waals surface area (Å²) in [5.41, 5.74) is 6.49. The van der Waals surface area contributed by atoms with Gasteiger partial charge in [-0.25, -0.2) is 0 Å². The molecule has 0 saturated carbocycles. The number of guanidine groups is 1. The maximum absolute atomic E-state index is 13.6. The molecule has 3 aliphatic rings. The molecule has 0 bridgehead atoms. The Morgan fingerprint density at radius 3 is 2.71 bits per heavy atom. The van der Waals surface area contributed by atoms with E-state index in [9.17, 15) is 4.79 Å². The smallest absolute Gasteiger partial charge is 0.259 e. The number of aliphatic imine (C=N–C) groups is 1. The Morgan fingerprint density at radius 1 is 1.06 bits per heavy atom. The zero-order valence-corrected chi connectivity index (χ0v) is 17.8. The molecule has 5 nitrogen and oxygen atoms in total. The third-order valence-corrected chi connectivity index (χ3v) is 6.24. The van der Waals surface area contributed by atoms with E-state index < -0.39 is 0 Å². The summed E-state index contributed by atoms with van der Waals surface area (Å²) in [6, 6.07) is 16.5. The summed E-state index contributed by atoms with van der Waals surface area (Å²) in [7, 11) is 0. The molecule has 0 spiro atoms. The van der Waals surface area contributed by atoms with Gasteiger partial charge in [-0.2, -0.15) is 0 Å². The van der Waals surface area contributed by atoms with Crippen LogP contribution in [0.25, 0.3) is 0 Å². The van der Waals surface area contributed by atoms with E-state index >= 15 is 0 Å². The molecule has 0 N–H and O–H groups in total. The average molecular weight is 411 g/mol. The molecule has 0 atom stereocenters. The minimum atomic E-state index is 0.0922. The van der Waals surface area contributed by atoms with E-state index in [1.54, 1.807) is 0 Å². The van der Waals surface area contributed by atoms with Crippen LogP contribution in [0.15, 0.2) is 64.8 Å². The van der Waals surface area contributed by atoms with Crippen LogP contribution in [0.1, 0.15) is 28.7 Å². The Kier molecular flexibility index (Phi) is 5.09. The van der Waals surface area contributed by atoms with Gasteiger partial charge >= 0.3 is 0 Å². The summed E-state index contributed by atoms with van der Waals surface area (Å²) in [6.45, 7) is 6.60. The molecule has 156 valence electrons. The fraction of sp³-hybridized carbons (Fsp3) is 0.308. The Hall–Kier alpha value is -3.36. The third kappa shape index (κ3) is 3.75. The van der Waals surface area contributed by atoms with Crippen molar-refractivity contribution in [3.8, 4) is 12.3 Å². The van der Waals surface area contributed by atoms with Crippen LogP contribution in [0.2, 0.25) is 0 Å². The van der Waals surface area contributed by atoms with Crippen LogP contribution in [0.3, 0.4) is 0 Å². The average Bonchev–Trinajstić information content (AvgIpc) is 3.28. The molecule has 5 rings (SSSR count). The number of benzene rings is 2. The molecular weight excluding hydrogens is 384 g/mol. The van der Waals surface area contributed by atoms with E-state index in [-0.39, 0.29) is 5.91 Å². The molecule has 0 aromatic heterocycles. The van der Waals surface area contributed by atoms with Gasteiger partial charge in [0.05, 0.1) is 18.7 Å². The second-order valence-electron chi connectivity index (χ2n) is 8.44. The second-order valence-corrected chi connectivity index (χ2v) is 8.44. The third-order valence-electron chi connectivity index (χ3n) is 6.24. The highest BCUT2D eigenvalue weighted by Gasteiger charge is 2.40. The van der Waals surface area contributed by atoms with Gasteiger partial charge in [0.1, 0.15) is 0 Å². The van der Waals surface area contributed by atoms with E-state index in [0.29, 0.717) is 13.1 Å². The van der Waals surface area contributed by atoms with Crippen molar-refractivity contribution >= 4 is 11.9 Å². The van der Waals surface area contributed by atoms with Crippen molar-refractivity contribution in [1.29, 1.82) is 0 Å². The van der Waals surface area contributed by atoms with E-state index in [1.807, 2.05) is 17.0 Å². The Morgan fingerprint density at radius 2 is 1.90 bits per heavy atom. The molecule has 0 saturated heterocycles. The lowest BCUT2D eigenvalue weighted by atomic mass is 9.99. The van der Waals surface area contributed by atoms with Crippen molar-refractivity contribution in [2.24, 2.45) is 4.99 Å². The summed E-state index contributed by atoms with van der Waals surface area (Å²) in [6.07, 6.45) is 6.42.